The fourth-order valence-corrected chi connectivity index (χ4v) is 3.90. The zero-order valence-electron chi connectivity index (χ0n) is 17.3. The van der Waals surface area contributed by atoms with E-state index in [0.29, 0.717) is 33.7 Å². The molecule has 0 saturated heterocycles. The van der Waals surface area contributed by atoms with Gasteiger partial charge in [-0.25, -0.2) is 9.67 Å². The highest BCUT2D eigenvalue weighted by Crippen LogP contribution is 2.34. The first-order chi connectivity index (χ1) is 15.5. The fraction of sp³-hybridized carbons (Fsp3) is 0.130. The number of anilines is 1. The summed E-state index contributed by atoms with van der Waals surface area (Å²) in [6, 6.07) is 15.9. The molecule has 32 heavy (non-hydrogen) atoms. The minimum atomic E-state index is -0.487. The van der Waals surface area contributed by atoms with E-state index in [1.165, 1.54) is 6.33 Å². The Morgan fingerprint density at radius 3 is 2.75 bits per heavy atom. The molecule has 0 spiro atoms. The lowest BCUT2D eigenvalue weighted by atomic mass is 10.0. The van der Waals surface area contributed by atoms with E-state index < -0.39 is 6.04 Å². The van der Waals surface area contributed by atoms with Crippen LogP contribution in [-0.4, -0.2) is 32.8 Å². The van der Waals surface area contributed by atoms with Crippen molar-refractivity contribution < 1.29 is 9.53 Å². The number of methoxy groups -OCH3 is 1. The van der Waals surface area contributed by atoms with E-state index in [2.05, 4.69) is 20.7 Å². The molecule has 4 aromatic rings. The third-order valence-corrected chi connectivity index (χ3v) is 5.61. The van der Waals surface area contributed by atoms with E-state index in [9.17, 15) is 4.79 Å². The largest absolute Gasteiger partial charge is 0.494 e. The van der Waals surface area contributed by atoms with E-state index >= 15 is 0 Å². The van der Waals surface area contributed by atoms with Gasteiger partial charge in [-0.15, -0.1) is 0 Å². The highest BCUT2D eigenvalue weighted by molar-refractivity contribution is 6.30. The lowest BCUT2D eigenvalue weighted by Crippen LogP contribution is -2.35. The number of allylic oxidation sites excluding steroid dienone is 2. The molecule has 1 atom stereocenters. The Morgan fingerprint density at radius 1 is 1.16 bits per heavy atom. The summed E-state index contributed by atoms with van der Waals surface area (Å²) in [5, 5.41) is 12.1. The second kappa shape index (κ2) is 7.97. The van der Waals surface area contributed by atoms with Crippen LogP contribution in [0.5, 0.6) is 5.75 Å². The average Bonchev–Trinajstić information content (AvgIpc) is 3.27. The van der Waals surface area contributed by atoms with Gasteiger partial charge in [0.2, 0.25) is 5.95 Å². The quantitative estimate of drug-likeness (QED) is 0.488. The molecule has 0 fully saturated rings. The Morgan fingerprint density at radius 2 is 1.97 bits per heavy atom. The summed E-state index contributed by atoms with van der Waals surface area (Å²) in [4.78, 5) is 22.2. The van der Waals surface area contributed by atoms with Crippen molar-refractivity contribution in [2.45, 2.75) is 13.0 Å². The summed E-state index contributed by atoms with van der Waals surface area (Å²) in [7, 11) is 1.62. The molecular weight excluding hydrogens is 428 g/mol. The first-order valence-electron chi connectivity index (χ1n) is 9.93. The molecule has 160 valence electrons. The van der Waals surface area contributed by atoms with Crippen LogP contribution in [0.4, 0.5) is 5.95 Å². The molecule has 2 aromatic carbocycles. The Kier molecular flexibility index (Phi) is 4.99. The third-order valence-electron chi connectivity index (χ3n) is 5.35. The van der Waals surface area contributed by atoms with Crippen LogP contribution in [0.15, 0.2) is 72.3 Å². The first-order valence-corrected chi connectivity index (χ1v) is 10.3. The number of benzene rings is 2. The number of nitrogens with one attached hydrogen (secondary N) is 2. The number of para-hydroxylation sites is 1. The zero-order valence-corrected chi connectivity index (χ0v) is 18.1. The Balaban J connectivity index is 1.60. The van der Waals surface area contributed by atoms with Crippen LogP contribution in [0.1, 0.15) is 29.0 Å². The highest BCUT2D eigenvalue weighted by atomic mass is 35.5. The fourth-order valence-electron chi connectivity index (χ4n) is 3.77. The maximum absolute atomic E-state index is 13.0. The molecule has 8 nitrogen and oxygen atoms in total. The van der Waals surface area contributed by atoms with Crippen molar-refractivity contribution in [1.82, 2.24) is 25.1 Å². The van der Waals surface area contributed by atoms with Crippen LogP contribution >= 0.6 is 11.6 Å². The molecular formula is C23H19ClN6O2. The van der Waals surface area contributed by atoms with Crippen LogP contribution in [0.2, 0.25) is 5.02 Å². The highest BCUT2D eigenvalue weighted by Gasteiger charge is 2.32. The molecule has 3 heterocycles. The molecule has 2 aromatic heterocycles. The van der Waals surface area contributed by atoms with Crippen LogP contribution < -0.4 is 15.4 Å². The number of carbonyl (C=O) groups is 1. The Labute approximate surface area is 188 Å². The lowest BCUT2D eigenvalue weighted by Gasteiger charge is -2.29. The third kappa shape index (κ3) is 3.44. The van der Waals surface area contributed by atoms with E-state index in [1.807, 2.05) is 37.3 Å². The van der Waals surface area contributed by atoms with Crippen molar-refractivity contribution in [1.29, 1.82) is 0 Å². The number of aromatic nitrogens is 4. The normalized spacial score (nSPS) is 15.3. The standard InChI is InChI=1S/C23H19ClN6O2/c1-13-19(29-22(31)15-6-9-16(24)10-7-15)21(30-23(27-13)25-12-26-30)17-11-8-14-4-3-5-18(32-2)20(14)28-17/h3-12,21H,1-2H3,(H,29,31)(H,25,26,27)/t21-/m0/s1. The summed E-state index contributed by atoms with van der Waals surface area (Å²) < 4.78 is 7.20. The SMILES string of the molecule is COc1cccc2ccc([C@H]3C(NC(=O)c4ccc(Cl)cc4)=C(C)Nc4ncnn43)nc12. The molecule has 1 aliphatic rings. The molecule has 5 rings (SSSR count). The number of hydrogen-bond acceptors (Lipinski definition) is 6. The lowest BCUT2D eigenvalue weighted by molar-refractivity contribution is 0.0961. The van der Waals surface area contributed by atoms with E-state index in [-0.39, 0.29) is 5.91 Å². The Hall–Kier alpha value is -3.91. The predicted molar refractivity (Wildman–Crippen MR) is 122 cm³/mol. The van der Waals surface area contributed by atoms with Crippen molar-refractivity contribution in [3.05, 3.63) is 88.6 Å². The predicted octanol–water partition coefficient (Wildman–Crippen LogP) is 4.16. The number of pyridine rings is 1. The van der Waals surface area contributed by atoms with E-state index in [1.54, 1.807) is 36.1 Å². The van der Waals surface area contributed by atoms with Crippen molar-refractivity contribution in [2.24, 2.45) is 0 Å². The maximum atomic E-state index is 13.0. The minimum absolute atomic E-state index is 0.259. The number of amides is 1. The maximum Gasteiger partial charge on any atom is 0.255 e. The number of carbonyl (C=O) groups excluding carboxylic acids is 1. The number of halogens is 1. The summed E-state index contributed by atoms with van der Waals surface area (Å²) in [6.07, 6.45) is 1.47. The molecule has 2 N–H and O–H groups in total. The average molecular weight is 447 g/mol. The Bertz CT molecular complexity index is 1360. The number of fused-ring (bicyclic) bond motifs is 2. The van der Waals surface area contributed by atoms with Gasteiger partial charge in [-0.3, -0.25) is 4.79 Å². The smallest absolute Gasteiger partial charge is 0.255 e. The van der Waals surface area contributed by atoms with Crippen molar-refractivity contribution in [2.75, 3.05) is 12.4 Å². The van der Waals surface area contributed by atoms with Gasteiger partial charge in [0.05, 0.1) is 18.5 Å². The van der Waals surface area contributed by atoms with Gasteiger partial charge < -0.3 is 15.4 Å². The molecule has 0 aliphatic carbocycles. The molecule has 9 heteroatoms. The van der Waals surface area contributed by atoms with Crippen LogP contribution in [-0.2, 0) is 0 Å². The van der Waals surface area contributed by atoms with Gasteiger partial charge in [-0.1, -0.05) is 29.8 Å². The second-order valence-corrected chi connectivity index (χ2v) is 7.76. The molecule has 0 bridgehead atoms. The van der Waals surface area contributed by atoms with Gasteiger partial charge in [0, 0.05) is 21.7 Å². The summed E-state index contributed by atoms with van der Waals surface area (Å²) in [6.45, 7) is 1.88. The van der Waals surface area contributed by atoms with Crippen molar-refractivity contribution in [3.63, 3.8) is 0 Å². The zero-order chi connectivity index (χ0) is 22.2. The number of nitrogens with zero attached hydrogens (tertiary/aromatic N) is 4. The molecule has 0 saturated carbocycles. The second-order valence-electron chi connectivity index (χ2n) is 7.32. The van der Waals surface area contributed by atoms with Gasteiger partial charge in [0.1, 0.15) is 23.6 Å². The first kappa shape index (κ1) is 20.0. The van der Waals surface area contributed by atoms with Crippen molar-refractivity contribution in [3.8, 4) is 5.75 Å². The van der Waals surface area contributed by atoms with Gasteiger partial charge in [0.15, 0.2) is 0 Å². The number of rotatable bonds is 4. The monoisotopic (exact) mass is 446 g/mol. The molecule has 0 unspecified atom stereocenters. The molecule has 1 aliphatic heterocycles. The van der Waals surface area contributed by atoms with Crippen LogP contribution in [0.25, 0.3) is 10.9 Å². The van der Waals surface area contributed by atoms with Gasteiger partial charge in [0.25, 0.3) is 5.91 Å². The summed E-state index contributed by atoms with van der Waals surface area (Å²) >= 11 is 5.96. The van der Waals surface area contributed by atoms with Crippen molar-refractivity contribution >= 4 is 34.4 Å². The summed E-state index contributed by atoms with van der Waals surface area (Å²) in [5.74, 6) is 0.980. The molecule has 0 radical (unpaired) electrons. The minimum Gasteiger partial charge on any atom is -0.494 e. The topological polar surface area (TPSA) is 94.0 Å². The number of hydrogen-bond donors (Lipinski definition) is 2. The number of ether oxygens (including phenoxy) is 1. The molecule has 1 amide bonds. The van der Waals surface area contributed by atoms with Crippen LogP contribution in [0, 0.1) is 0 Å². The van der Waals surface area contributed by atoms with E-state index in [4.69, 9.17) is 21.3 Å². The van der Waals surface area contributed by atoms with Crippen LogP contribution in [0.3, 0.4) is 0 Å². The van der Waals surface area contributed by atoms with Gasteiger partial charge in [-0.05, 0) is 43.3 Å². The van der Waals surface area contributed by atoms with Gasteiger partial charge >= 0.3 is 0 Å². The van der Waals surface area contributed by atoms with E-state index in [0.717, 1.165) is 16.6 Å². The summed E-state index contributed by atoms with van der Waals surface area (Å²) in [5.41, 5.74) is 3.30. The van der Waals surface area contributed by atoms with Gasteiger partial charge in [-0.2, -0.15) is 10.1 Å².